The lowest BCUT2D eigenvalue weighted by molar-refractivity contribution is 0.242. The summed E-state index contributed by atoms with van der Waals surface area (Å²) in [4.78, 5) is 6.91. The molecule has 1 saturated heterocycles. The Labute approximate surface area is 218 Å². The zero-order valence-corrected chi connectivity index (χ0v) is 22.2. The molecule has 0 aliphatic carbocycles. The van der Waals surface area contributed by atoms with Crippen LogP contribution >= 0.6 is 12.2 Å². The molecule has 4 aromatic rings. The summed E-state index contributed by atoms with van der Waals surface area (Å²) in [5.41, 5.74) is 7.99. The molecule has 2 atom stereocenters. The molecule has 0 radical (unpaired) electrons. The summed E-state index contributed by atoms with van der Waals surface area (Å²) in [5, 5.41) is 4.26. The topological polar surface area (TPSA) is 42.3 Å². The summed E-state index contributed by atoms with van der Waals surface area (Å²) in [7, 11) is 0. The molecule has 36 heavy (non-hydrogen) atoms. The van der Waals surface area contributed by atoms with Crippen LogP contribution in [0.25, 0.3) is 5.69 Å². The number of nitrogens with zero attached hydrogens (tertiary/aromatic N) is 3. The number of aromatic nitrogens is 2. The highest BCUT2D eigenvalue weighted by Crippen LogP contribution is 2.44. The molecule has 184 valence electrons. The van der Waals surface area contributed by atoms with Gasteiger partial charge in [0.2, 0.25) is 0 Å². The van der Waals surface area contributed by atoms with Crippen LogP contribution in [0.5, 0.6) is 5.75 Å². The smallest absolute Gasteiger partial charge is 0.174 e. The Morgan fingerprint density at radius 1 is 0.917 bits per heavy atom. The van der Waals surface area contributed by atoms with Gasteiger partial charge in [0.15, 0.2) is 5.11 Å². The van der Waals surface area contributed by atoms with Gasteiger partial charge in [-0.15, -0.1) is 0 Å². The van der Waals surface area contributed by atoms with E-state index < -0.39 is 0 Å². The van der Waals surface area contributed by atoms with Crippen molar-refractivity contribution in [2.24, 2.45) is 0 Å². The van der Waals surface area contributed by atoms with Crippen LogP contribution < -0.4 is 15.0 Å². The fraction of sp³-hybridized carbons (Fsp3) is 0.267. The molecule has 0 saturated carbocycles. The number of aryl methyl sites for hydroxylation is 2. The van der Waals surface area contributed by atoms with Crippen molar-refractivity contribution in [1.29, 1.82) is 0 Å². The van der Waals surface area contributed by atoms with Crippen LogP contribution in [0.1, 0.15) is 54.1 Å². The molecule has 5 nitrogen and oxygen atoms in total. The van der Waals surface area contributed by atoms with Gasteiger partial charge >= 0.3 is 0 Å². The summed E-state index contributed by atoms with van der Waals surface area (Å²) in [6.45, 7) is 10.5. The summed E-state index contributed by atoms with van der Waals surface area (Å²) in [5.74, 6) is 0.849. The number of hydrogen-bond donors (Lipinski definition) is 1. The second-order valence-corrected chi connectivity index (χ2v) is 10.0. The van der Waals surface area contributed by atoms with Crippen LogP contribution in [0.4, 0.5) is 5.69 Å². The molecule has 0 bridgehead atoms. The maximum Gasteiger partial charge on any atom is 0.174 e. The normalized spacial score (nSPS) is 17.5. The van der Waals surface area contributed by atoms with E-state index in [1.165, 1.54) is 22.5 Å². The second kappa shape index (κ2) is 9.78. The molecule has 1 fully saturated rings. The predicted molar refractivity (Wildman–Crippen MR) is 150 cm³/mol. The third-order valence-electron chi connectivity index (χ3n) is 6.67. The monoisotopic (exact) mass is 496 g/mol. The highest BCUT2D eigenvalue weighted by Gasteiger charge is 2.42. The Hall–Kier alpha value is -3.64. The second-order valence-electron chi connectivity index (χ2n) is 9.65. The van der Waals surface area contributed by atoms with Crippen molar-refractivity contribution in [3.8, 4) is 11.4 Å². The minimum Gasteiger partial charge on any atom is -0.491 e. The lowest BCUT2D eigenvalue weighted by atomic mass is 9.96. The van der Waals surface area contributed by atoms with Crippen molar-refractivity contribution < 1.29 is 4.74 Å². The van der Waals surface area contributed by atoms with Crippen molar-refractivity contribution in [3.05, 3.63) is 107 Å². The highest BCUT2D eigenvalue weighted by molar-refractivity contribution is 7.80. The van der Waals surface area contributed by atoms with Gasteiger partial charge in [0.25, 0.3) is 0 Å². The van der Waals surface area contributed by atoms with Crippen molar-refractivity contribution in [2.75, 3.05) is 4.90 Å². The number of pyridine rings is 1. The van der Waals surface area contributed by atoms with Gasteiger partial charge in [-0.05, 0) is 107 Å². The predicted octanol–water partition coefficient (Wildman–Crippen LogP) is 6.76. The van der Waals surface area contributed by atoms with Crippen LogP contribution in [0.2, 0.25) is 0 Å². The third kappa shape index (κ3) is 4.49. The average Bonchev–Trinajstić information content (AvgIpc) is 3.35. The summed E-state index contributed by atoms with van der Waals surface area (Å²) < 4.78 is 8.20. The molecule has 1 aliphatic heterocycles. The van der Waals surface area contributed by atoms with Crippen LogP contribution in [0.3, 0.4) is 0 Å². The Bertz CT molecular complexity index is 1360. The van der Waals surface area contributed by atoms with Crippen LogP contribution in [0.15, 0.2) is 79.0 Å². The molecule has 5 rings (SSSR count). The van der Waals surface area contributed by atoms with Gasteiger partial charge in [-0.3, -0.25) is 4.98 Å². The number of thiocarbonyl (C=S) groups is 1. The Kier molecular flexibility index (Phi) is 6.54. The van der Waals surface area contributed by atoms with Crippen LogP contribution in [0, 0.1) is 20.8 Å². The Morgan fingerprint density at radius 2 is 1.61 bits per heavy atom. The Balaban J connectivity index is 1.62. The first-order chi connectivity index (χ1) is 17.3. The van der Waals surface area contributed by atoms with E-state index in [0.29, 0.717) is 5.11 Å². The summed E-state index contributed by atoms with van der Waals surface area (Å²) >= 11 is 5.92. The van der Waals surface area contributed by atoms with Crippen molar-refractivity contribution in [2.45, 2.75) is 52.8 Å². The van der Waals surface area contributed by atoms with Crippen LogP contribution in [-0.2, 0) is 0 Å². The molecule has 3 heterocycles. The molecular weight excluding hydrogens is 464 g/mol. The van der Waals surface area contributed by atoms with Gasteiger partial charge in [0.05, 0.1) is 23.9 Å². The van der Waals surface area contributed by atoms with Crippen LogP contribution in [-0.4, -0.2) is 20.8 Å². The highest BCUT2D eigenvalue weighted by atomic mass is 32.1. The number of rotatable bonds is 6. The lowest BCUT2D eigenvalue weighted by Gasteiger charge is -2.28. The van der Waals surface area contributed by atoms with Gasteiger partial charge < -0.3 is 19.5 Å². The maximum atomic E-state index is 5.92. The van der Waals surface area contributed by atoms with E-state index in [1.807, 2.05) is 44.3 Å². The summed E-state index contributed by atoms with van der Waals surface area (Å²) in [6, 6.07) is 25.0. The first-order valence-corrected chi connectivity index (χ1v) is 12.8. The lowest BCUT2D eigenvalue weighted by Crippen LogP contribution is -2.29. The SMILES string of the molecule is Cc1ccc(-n2c(C)cc(C3C(c4ccccn4)NC(=S)N3c3ccc(OC(C)C)cc3)c2C)cc1. The zero-order valence-electron chi connectivity index (χ0n) is 21.4. The van der Waals surface area contributed by atoms with Gasteiger partial charge in [0, 0.05) is 29.0 Å². The van der Waals surface area contributed by atoms with Crippen molar-refractivity contribution in [1.82, 2.24) is 14.9 Å². The molecular formula is C30H32N4OS. The molecule has 6 heteroatoms. The van der Waals surface area contributed by atoms with E-state index in [4.69, 9.17) is 21.9 Å². The van der Waals surface area contributed by atoms with Crippen molar-refractivity contribution >= 4 is 23.0 Å². The number of ether oxygens (including phenoxy) is 1. The number of benzene rings is 2. The average molecular weight is 497 g/mol. The molecule has 1 aliphatic rings. The fourth-order valence-corrected chi connectivity index (χ4v) is 5.43. The van der Waals surface area contributed by atoms with Gasteiger partial charge in [-0.25, -0.2) is 0 Å². The standard InChI is InChI=1S/C30H32N4OS/c1-19(2)35-25-15-13-24(14-16-25)34-29(28(32-30(34)36)27-8-6-7-17-31-27)26-18-21(4)33(22(26)5)23-11-9-20(3)10-12-23/h6-19,28-29H,1-5H3,(H,32,36). The van der Waals surface area contributed by atoms with Gasteiger partial charge in [0.1, 0.15) is 5.75 Å². The van der Waals surface area contributed by atoms with E-state index in [2.05, 4.69) is 84.1 Å². The largest absolute Gasteiger partial charge is 0.491 e. The quantitative estimate of drug-likeness (QED) is 0.299. The van der Waals surface area contributed by atoms with E-state index in [0.717, 1.165) is 22.8 Å². The van der Waals surface area contributed by atoms with E-state index in [1.54, 1.807) is 0 Å². The minimum absolute atomic E-state index is 0.0605. The molecule has 2 unspecified atom stereocenters. The molecule has 1 N–H and O–H groups in total. The minimum atomic E-state index is -0.0859. The molecule has 0 amide bonds. The maximum absolute atomic E-state index is 5.92. The van der Waals surface area contributed by atoms with Gasteiger partial charge in [-0.1, -0.05) is 23.8 Å². The van der Waals surface area contributed by atoms with E-state index >= 15 is 0 Å². The molecule has 2 aromatic heterocycles. The number of nitrogens with one attached hydrogen (secondary N) is 1. The number of hydrogen-bond acceptors (Lipinski definition) is 3. The Morgan fingerprint density at radius 3 is 2.25 bits per heavy atom. The first kappa shape index (κ1) is 24.1. The first-order valence-electron chi connectivity index (χ1n) is 12.4. The van der Waals surface area contributed by atoms with E-state index in [-0.39, 0.29) is 18.2 Å². The molecule has 2 aromatic carbocycles. The zero-order chi connectivity index (χ0) is 25.4. The summed E-state index contributed by atoms with van der Waals surface area (Å²) in [6.07, 6.45) is 1.96. The van der Waals surface area contributed by atoms with Gasteiger partial charge in [-0.2, -0.15) is 0 Å². The number of anilines is 1. The van der Waals surface area contributed by atoms with E-state index in [9.17, 15) is 0 Å². The fourth-order valence-electron chi connectivity index (χ4n) is 5.08. The third-order valence-corrected chi connectivity index (χ3v) is 6.98. The van der Waals surface area contributed by atoms with Crippen molar-refractivity contribution in [3.63, 3.8) is 0 Å². The molecule has 0 spiro atoms.